The van der Waals surface area contributed by atoms with Crippen LogP contribution in [-0.2, 0) is 10.1 Å². The molecule has 0 spiro atoms. The lowest BCUT2D eigenvalue weighted by Gasteiger charge is -2.42. The lowest BCUT2D eigenvalue weighted by atomic mass is 9.89. The van der Waals surface area contributed by atoms with E-state index >= 15 is 0 Å². The average Bonchev–Trinajstić information content (AvgIpc) is 2.43. The van der Waals surface area contributed by atoms with Gasteiger partial charge in [0.05, 0.1) is 0 Å². The van der Waals surface area contributed by atoms with E-state index in [9.17, 15) is 78.7 Å². The molecular weight excluding hydrogens is 492 g/mol. The first-order chi connectivity index (χ1) is 12.0. The van der Waals surface area contributed by atoms with Gasteiger partial charge in [-0.1, -0.05) is 0 Å². The summed E-state index contributed by atoms with van der Waals surface area (Å²) in [4.78, 5) is 0. The van der Waals surface area contributed by atoms with E-state index in [1.165, 1.54) is 0 Å². The SMILES string of the molecule is CC(F)(F)C(F)(F)C(F)(F)C(F)(F)C(F)(F)C(F)(F)C(F)(F)C(F)(F)S(=O)(=O)O. The van der Waals surface area contributed by atoms with Crippen LogP contribution in [0.3, 0.4) is 0 Å². The minimum absolute atomic E-state index is 1.30. The summed E-state index contributed by atoms with van der Waals surface area (Å²) in [6.07, 6.45) is 0. The molecule has 0 atom stereocenters. The third-order valence-electron chi connectivity index (χ3n) is 3.21. The summed E-state index contributed by atoms with van der Waals surface area (Å²) in [5, 5.41) is -7.77. The molecule has 0 rings (SSSR count). The van der Waals surface area contributed by atoms with E-state index in [0.29, 0.717) is 0 Å². The van der Waals surface area contributed by atoms with Gasteiger partial charge in [-0.05, 0) is 0 Å². The van der Waals surface area contributed by atoms with E-state index in [1.807, 2.05) is 0 Å². The zero-order valence-corrected chi connectivity index (χ0v) is 13.5. The van der Waals surface area contributed by atoms with Crippen molar-refractivity contribution >= 4 is 10.1 Å². The maximum atomic E-state index is 13.2. The summed E-state index contributed by atoms with van der Waals surface area (Å²) in [7, 11) is -7.83. The fourth-order valence-corrected chi connectivity index (χ4v) is 1.86. The lowest BCUT2D eigenvalue weighted by Crippen LogP contribution is -2.75. The fraction of sp³-hybridized carbons (Fsp3) is 1.00. The van der Waals surface area contributed by atoms with E-state index in [0.717, 1.165) is 0 Å². The van der Waals surface area contributed by atoms with Crippen LogP contribution in [0.5, 0.6) is 0 Å². The molecule has 0 aromatic rings. The molecule has 0 aliphatic heterocycles. The molecule has 0 saturated carbocycles. The highest BCUT2D eigenvalue weighted by Gasteiger charge is 2.95. The Hall–Kier alpha value is -1.21. The number of hydrogen-bond donors (Lipinski definition) is 1. The summed E-state index contributed by atoms with van der Waals surface area (Å²) in [5.74, 6) is -56.7. The summed E-state index contributed by atoms with van der Waals surface area (Å²) in [6, 6.07) is 0. The van der Waals surface area contributed by atoms with Crippen molar-refractivity contribution in [1.82, 2.24) is 0 Å². The molecule has 0 amide bonds. The van der Waals surface area contributed by atoms with Crippen molar-refractivity contribution in [2.45, 2.75) is 53.6 Å². The molecule has 0 aromatic heterocycles. The zero-order valence-electron chi connectivity index (χ0n) is 12.7. The molecule has 0 aliphatic carbocycles. The highest BCUT2D eigenvalue weighted by Crippen LogP contribution is 2.64. The van der Waals surface area contributed by atoms with Gasteiger partial charge in [-0.25, -0.2) is 0 Å². The van der Waals surface area contributed by atoms with Gasteiger partial charge < -0.3 is 0 Å². The molecule has 176 valence electrons. The summed E-state index contributed by atoms with van der Waals surface area (Å²) < 4.78 is 234. The Bertz CT molecular complexity index is 733. The summed E-state index contributed by atoms with van der Waals surface area (Å²) in [5.41, 5.74) is 0. The largest absolute Gasteiger partial charge is 0.438 e. The van der Waals surface area contributed by atoms with Gasteiger partial charge in [0.15, 0.2) is 0 Å². The molecule has 0 radical (unpaired) electrons. The quantitative estimate of drug-likeness (QED) is 0.383. The Labute approximate surface area is 148 Å². The highest BCUT2D eigenvalue weighted by atomic mass is 32.2. The van der Waals surface area contributed by atoms with Crippen molar-refractivity contribution in [2.75, 3.05) is 0 Å². The Morgan fingerprint density at radius 2 is 0.690 bits per heavy atom. The van der Waals surface area contributed by atoms with Crippen LogP contribution < -0.4 is 0 Å². The van der Waals surface area contributed by atoms with Gasteiger partial charge in [0.1, 0.15) is 0 Å². The molecular formula is C9H4F16O3S. The van der Waals surface area contributed by atoms with Crippen LogP contribution in [0.15, 0.2) is 0 Å². The van der Waals surface area contributed by atoms with Crippen LogP contribution in [0.4, 0.5) is 70.2 Å². The molecule has 0 aliphatic rings. The van der Waals surface area contributed by atoms with Gasteiger partial charge in [-0.2, -0.15) is 78.7 Å². The molecule has 1 N–H and O–H groups in total. The Balaban J connectivity index is 6.90. The first-order valence-corrected chi connectivity index (χ1v) is 7.43. The normalized spacial score (nSPS) is 16.9. The first-order valence-electron chi connectivity index (χ1n) is 5.99. The van der Waals surface area contributed by atoms with Gasteiger partial charge in [-0.15, -0.1) is 0 Å². The molecule has 3 nitrogen and oxygen atoms in total. The van der Waals surface area contributed by atoms with E-state index in [4.69, 9.17) is 4.55 Å². The third-order valence-corrected chi connectivity index (χ3v) is 4.12. The standard InChI is InChI=1S/C9H4F16O3S/c1-2(10,11)3(12,13)4(14,15)5(16,17)6(18,19)7(20,21)8(22,23)9(24,25)29(26,27)28/h1H3,(H,26,27,28). The second-order valence-electron chi connectivity index (χ2n) is 5.33. The van der Waals surface area contributed by atoms with Crippen molar-refractivity contribution in [3.05, 3.63) is 0 Å². The molecule has 29 heavy (non-hydrogen) atoms. The molecule has 0 bridgehead atoms. The topological polar surface area (TPSA) is 54.4 Å². The molecule has 0 unspecified atom stereocenters. The predicted octanol–water partition coefficient (Wildman–Crippen LogP) is 4.93. The Morgan fingerprint density at radius 3 is 0.897 bits per heavy atom. The Morgan fingerprint density at radius 1 is 0.483 bits per heavy atom. The third kappa shape index (κ3) is 3.29. The van der Waals surface area contributed by atoms with Gasteiger partial charge >= 0.3 is 56.8 Å². The fourth-order valence-electron chi connectivity index (χ4n) is 1.41. The predicted molar refractivity (Wildman–Crippen MR) is 56.8 cm³/mol. The van der Waals surface area contributed by atoms with E-state index in [-0.39, 0.29) is 0 Å². The van der Waals surface area contributed by atoms with Crippen LogP contribution >= 0.6 is 0 Å². The second-order valence-corrected chi connectivity index (χ2v) is 6.79. The van der Waals surface area contributed by atoms with E-state index < -0.39 is 63.8 Å². The highest BCUT2D eigenvalue weighted by molar-refractivity contribution is 7.87. The first kappa shape index (κ1) is 27.8. The van der Waals surface area contributed by atoms with Crippen molar-refractivity contribution in [3.63, 3.8) is 0 Å². The van der Waals surface area contributed by atoms with Crippen LogP contribution in [0.1, 0.15) is 6.92 Å². The number of halogens is 16. The van der Waals surface area contributed by atoms with Gasteiger partial charge in [-0.3, -0.25) is 4.55 Å². The van der Waals surface area contributed by atoms with E-state index in [2.05, 4.69) is 0 Å². The smallest absolute Gasteiger partial charge is 0.281 e. The number of alkyl halides is 16. The minimum Gasteiger partial charge on any atom is -0.281 e. The molecule has 0 fully saturated rings. The number of hydrogen-bond acceptors (Lipinski definition) is 2. The number of rotatable bonds is 8. The second kappa shape index (κ2) is 6.39. The summed E-state index contributed by atoms with van der Waals surface area (Å²) >= 11 is 0. The zero-order chi connectivity index (χ0) is 24.5. The van der Waals surface area contributed by atoms with E-state index in [1.54, 1.807) is 0 Å². The Kier molecular flexibility index (Phi) is 6.13. The molecule has 0 aromatic carbocycles. The van der Waals surface area contributed by atoms with Crippen molar-refractivity contribution in [3.8, 4) is 0 Å². The minimum atomic E-state index is -8.73. The summed E-state index contributed by atoms with van der Waals surface area (Å²) in [6.45, 7) is -1.30. The molecule has 20 heteroatoms. The lowest BCUT2D eigenvalue weighted by molar-refractivity contribution is -0.448. The van der Waals surface area contributed by atoms with Crippen molar-refractivity contribution in [1.29, 1.82) is 0 Å². The molecule has 0 heterocycles. The molecule has 0 saturated heterocycles. The van der Waals surface area contributed by atoms with Crippen LogP contribution in [0.2, 0.25) is 0 Å². The van der Waals surface area contributed by atoms with Crippen LogP contribution in [0.25, 0.3) is 0 Å². The van der Waals surface area contributed by atoms with Crippen molar-refractivity contribution < 1.29 is 83.2 Å². The van der Waals surface area contributed by atoms with Crippen LogP contribution in [-0.4, -0.2) is 59.7 Å². The maximum absolute atomic E-state index is 13.2. The average molecular weight is 496 g/mol. The van der Waals surface area contributed by atoms with Gasteiger partial charge in [0, 0.05) is 6.92 Å². The maximum Gasteiger partial charge on any atom is 0.438 e. The van der Waals surface area contributed by atoms with Gasteiger partial charge in [0.2, 0.25) is 0 Å². The monoisotopic (exact) mass is 496 g/mol. The van der Waals surface area contributed by atoms with Crippen LogP contribution in [0, 0.1) is 0 Å². The van der Waals surface area contributed by atoms with Crippen molar-refractivity contribution in [2.24, 2.45) is 0 Å². The van der Waals surface area contributed by atoms with Gasteiger partial charge in [0.25, 0.3) is 0 Å².